The number of carbonyl (C=O) groups is 2. The van der Waals surface area contributed by atoms with Gasteiger partial charge in [0.15, 0.2) is 6.29 Å². The third-order valence-corrected chi connectivity index (χ3v) is 7.30. The molecule has 1 N–H and O–H groups in total. The largest absolute Gasteiger partial charge is 0.460 e. The number of ether oxygens (including phenoxy) is 4. The van der Waals surface area contributed by atoms with E-state index in [1.165, 1.54) is 0 Å². The first kappa shape index (κ1) is 31.0. The van der Waals surface area contributed by atoms with Crippen molar-refractivity contribution in [2.75, 3.05) is 6.61 Å². The van der Waals surface area contributed by atoms with E-state index in [9.17, 15) is 9.59 Å². The average molecular weight is 594 g/mol. The van der Waals surface area contributed by atoms with Crippen molar-refractivity contribution in [3.8, 4) is 11.1 Å². The Kier molecular flexibility index (Phi) is 10.1. The summed E-state index contributed by atoms with van der Waals surface area (Å²) in [5.74, 6) is -0.588. The van der Waals surface area contributed by atoms with Crippen molar-refractivity contribution in [2.45, 2.75) is 64.3 Å². The highest BCUT2D eigenvalue weighted by atomic mass is 16.7. The predicted octanol–water partition coefficient (Wildman–Crippen LogP) is 7.39. The number of fused-ring (bicyclic) bond motifs is 3. The summed E-state index contributed by atoms with van der Waals surface area (Å²) in [5, 5.41) is 2.87. The quantitative estimate of drug-likeness (QED) is 0.136. The normalized spacial score (nSPS) is 13.2. The molecule has 0 fully saturated rings. The second kappa shape index (κ2) is 14.3. The van der Waals surface area contributed by atoms with E-state index in [1.807, 2.05) is 84.9 Å². The van der Waals surface area contributed by atoms with Crippen LogP contribution in [-0.4, -0.2) is 36.6 Å². The molecule has 7 heteroatoms. The van der Waals surface area contributed by atoms with Crippen molar-refractivity contribution in [3.05, 3.63) is 131 Å². The lowest BCUT2D eigenvalue weighted by Crippen LogP contribution is -2.48. The maximum absolute atomic E-state index is 13.4. The molecule has 0 saturated carbocycles. The first-order chi connectivity index (χ1) is 21.3. The van der Waals surface area contributed by atoms with E-state index >= 15 is 0 Å². The number of amides is 1. The molecule has 0 unspecified atom stereocenters. The van der Waals surface area contributed by atoms with Crippen LogP contribution in [0.25, 0.3) is 11.1 Å². The van der Waals surface area contributed by atoms with Crippen LogP contribution in [0.2, 0.25) is 0 Å². The smallest absolute Gasteiger partial charge is 0.407 e. The van der Waals surface area contributed by atoms with Crippen LogP contribution in [0.4, 0.5) is 4.79 Å². The first-order valence-corrected chi connectivity index (χ1v) is 14.9. The van der Waals surface area contributed by atoms with Crippen molar-refractivity contribution in [3.63, 3.8) is 0 Å². The van der Waals surface area contributed by atoms with Gasteiger partial charge in [-0.3, -0.25) is 4.79 Å². The van der Waals surface area contributed by atoms with Gasteiger partial charge in [-0.05, 0) is 54.2 Å². The number of rotatable bonds is 12. The third kappa shape index (κ3) is 8.34. The molecule has 1 aliphatic rings. The Morgan fingerprint density at radius 1 is 0.705 bits per heavy atom. The maximum Gasteiger partial charge on any atom is 0.407 e. The molecule has 1 amide bonds. The zero-order chi connectivity index (χ0) is 30.9. The summed E-state index contributed by atoms with van der Waals surface area (Å²) in [6, 6.07) is 34.7. The molecule has 1 atom stereocenters. The summed E-state index contributed by atoms with van der Waals surface area (Å²) in [6.45, 7) is 5.98. The molecule has 0 aliphatic heterocycles. The number of esters is 1. The summed E-state index contributed by atoms with van der Waals surface area (Å²) in [5.41, 5.74) is 5.67. The van der Waals surface area contributed by atoms with Crippen LogP contribution in [0.3, 0.4) is 0 Å². The van der Waals surface area contributed by atoms with Gasteiger partial charge in [0.1, 0.15) is 12.2 Å². The Morgan fingerprint density at radius 2 is 1.18 bits per heavy atom. The van der Waals surface area contributed by atoms with E-state index in [2.05, 4.69) is 29.6 Å². The van der Waals surface area contributed by atoms with Crippen LogP contribution >= 0.6 is 0 Å². The third-order valence-electron chi connectivity index (χ3n) is 7.30. The fourth-order valence-electron chi connectivity index (χ4n) is 5.36. The fourth-order valence-corrected chi connectivity index (χ4v) is 5.36. The van der Waals surface area contributed by atoms with E-state index in [4.69, 9.17) is 18.9 Å². The van der Waals surface area contributed by atoms with Gasteiger partial charge >= 0.3 is 12.1 Å². The molecular weight excluding hydrogens is 554 g/mol. The molecular formula is C37H39NO6. The number of nitrogens with one attached hydrogen (secondary N) is 1. The standard InChI is InChI=1S/C37H39NO6/c1-37(2,3)44-34(39)22-33(35(41-23-26-14-6-4-7-15-26)42-24-27-16-8-5-9-17-27)38-36(40)43-25-32-30-20-12-10-18-28(30)29-19-11-13-21-31(29)32/h4-21,32-33,35H,22-25H2,1-3H3,(H,38,40)/t33-/m1/s1. The lowest BCUT2D eigenvalue weighted by Gasteiger charge is -2.29. The highest BCUT2D eigenvalue weighted by molar-refractivity contribution is 5.79. The SMILES string of the molecule is CC(C)(C)OC(=O)C[C@@H](NC(=O)OCC1c2ccccc2-c2ccccc21)C(OCc1ccccc1)OCc1ccccc1. The zero-order valence-corrected chi connectivity index (χ0v) is 25.4. The second-order valence-electron chi connectivity index (χ2n) is 11.8. The van der Waals surface area contributed by atoms with E-state index in [-0.39, 0.29) is 32.2 Å². The lowest BCUT2D eigenvalue weighted by molar-refractivity contribution is -0.181. The van der Waals surface area contributed by atoms with Gasteiger partial charge in [-0.1, -0.05) is 109 Å². The Labute approximate surface area is 259 Å². The van der Waals surface area contributed by atoms with Crippen LogP contribution in [-0.2, 0) is 37.0 Å². The molecule has 7 nitrogen and oxygen atoms in total. The summed E-state index contributed by atoms with van der Waals surface area (Å²) in [6.07, 6.45) is -1.81. The van der Waals surface area contributed by atoms with Gasteiger partial charge in [-0.2, -0.15) is 0 Å². The van der Waals surface area contributed by atoms with Gasteiger partial charge in [0.25, 0.3) is 0 Å². The first-order valence-electron chi connectivity index (χ1n) is 14.9. The van der Waals surface area contributed by atoms with Gasteiger partial charge in [-0.15, -0.1) is 0 Å². The number of carbonyl (C=O) groups excluding carboxylic acids is 2. The Bertz CT molecular complexity index is 1440. The summed E-state index contributed by atoms with van der Waals surface area (Å²) in [4.78, 5) is 26.4. The molecule has 0 saturated heterocycles. The van der Waals surface area contributed by atoms with Crippen molar-refractivity contribution in [1.29, 1.82) is 0 Å². The maximum atomic E-state index is 13.4. The van der Waals surface area contributed by atoms with Crippen molar-refractivity contribution < 1.29 is 28.5 Å². The molecule has 228 valence electrons. The van der Waals surface area contributed by atoms with Crippen LogP contribution in [0.5, 0.6) is 0 Å². The molecule has 4 aromatic carbocycles. The summed E-state index contributed by atoms with van der Waals surface area (Å²) >= 11 is 0. The lowest BCUT2D eigenvalue weighted by atomic mass is 9.98. The van der Waals surface area contributed by atoms with Gasteiger partial charge in [0, 0.05) is 5.92 Å². The Balaban J connectivity index is 1.33. The number of hydrogen-bond acceptors (Lipinski definition) is 6. The molecule has 0 bridgehead atoms. The van der Waals surface area contributed by atoms with Crippen molar-refractivity contribution in [2.24, 2.45) is 0 Å². The molecule has 0 spiro atoms. The molecule has 5 rings (SSSR count). The van der Waals surface area contributed by atoms with Crippen LogP contribution in [0, 0.1) is 0 Å². The van der Waals surface area contributed by atoms with Gasteiger partial charge < -0.3 is 24.3 Å². The van der Waals surface area contributed by atoms with Gasteiger partial charge in [0.2, 0.25) is 0 Å². The van der Waals surface area contributed by atoms with Crippen molar-refractivity contribution >= 4 is 12.1 Å². The van der Waals surface area contributed by atoms with Gasteiger partial charge in [-0.25, -0.2) is 4.79 Å². The number of hydrogen-bond donors (Lipinski definition) is 1. The van der Waals surface area contributed by atoms with Crippen LogP contribution in [0.1, 0.15) is 55.4 Å². The molecule has 1 aliphatic carbocycles. The molecule has 0 radical (unpaired) electrons. The topological polar surface area (TPSA) is 83.1 Å². The minimum absolute atomic E-state index is 0.100. The monoisotopic (exact) mass is 593 g/mol. The van der Waals surface area contributed by atoms with E-state index < -0.39 is 30.0 Å². The number of alkyl carbamates (subject to hydrolysis) is 1. The summed E-state index contributed by atoms with van der Waals surface area (Å²) in [7, 11) is 0. The highest BCUT2D eigenvalue weighted by Crippen LogP contribution is 2.44. The van der Waals surface area contributed by atoms with E-state index in [0.29, 0.717) is 0 Å². The number of benzene rings is 4. The molecule has 0 heterocycles. The van der Waals surface area contributed by atoms with Gasteiger partial charge in [0.05, 0.1) is 25.7 Å². The minimum atomic E-state index is -0.969. The average Bonchev–Trinajstić information content (AvgIpc) is 3.33. The molecule has 4 aromatic rings. The highest BCUT2D eigenvalue weighted by Gasteiger charge is 2.32. The second-order valence-corrected chi connectivity index (χ2v) is 11.8. The minimum Gasteiger partial charge on any atom is -0.460 e. The fraction of sp³-hybridized carbons (Fsp3) is 0.297. The van der Waals surface area contributed by atoms with E-state index in [0.717, 1.165) is 33.4 Å². The molecule has 44 heavy (non-hydrogen) atoms. The van der Waals surface area contributed by atoms with Crippen LogP contribution < -0.4 is 5.32 Å². The Hall–Kier alpha value is -4.46. The predicted molar refractivity (Wildman–Crippen MR) is 169 cm³/mol. The Morgan fingerprint density at radius 3 is 1.68 bits per heavy atom. The van der Waals surface area contributed by atoms with Crippen LogP contribution in [0.15, 0.2) is 109 Å². The summed E-state index contributed by atoms with van der Waals surface area (Å²) < 4.78 is 23.8. The molecule has 0 aromatic heterocycles. The van der Waals surface area contributed by atoms with Crippen molar-refractivity contribution in [1.82, 2.24) is 5.32 Å². The van der Waals surface area contributed by atoms with E-state index in [1.54, 1.807) is 20.8 Å². The zero-order valence-electron chi connectivity index (χ0n) is 25.4.